The van der Waals surface area contributed by atoms with Crippen molar-refractivity contribution in [1.82, 2.24) is 25.0 Å². The van der Waals surface area contributed by atoms with Gasteiger partial charge in [0.05, 0.1) is 16.1 Å². The Labute approximate surface area is 160 Å². The highest BCUT2D eigenvalue weighted by Gasteiger charge is 2.16. The summed E-state index contributed by atoms with van der Waals surface area (Å²) >= 11 is 0. The number of sulfonamides is 1. The highest BCUT2D eigenvalue weighted by atomic mass is 32.2. The predicted molar refractivity (Wildman–Crippen MR) is 103 cm³/mol. The Morgan fingerprint density at radius 3 is 2.46 bits per heavy atom. The summed E-state index contributed by atoms with van der Waals surface area (Å²) < 4.78 is 26.4. The average Bonchev–Trinajstić information content (AvgIpc) is 3.27. The summed E-state index contributed by atoms with van der Waals surface area (Å²) in [5.74, 6) is -0.650. The van der Waals surface area contributed by atoms with Crippen molar-refractivity contribution in [3.8, 4) is 5.69 Å². The Bertz CT molecular complexity index is 1240. The van der Waals surface area contributed by atoms with E-state index in [-0.39, 0.29) is 10.6 Å². The molecule has 2 aromatic carbocycles. The van der Waals surface area contributed by atoms with Crippen molar-refractivity contribution in [2.45, 2.75) is 4.90 Å². The van der Waals surface area contributed by atoms with Crippen molar-refractivity contribution in [3.63, 3.8) is 0 Å². The molecule has 0 spiro atoms. The van der Waals surface area contributed by atoms with Gasteiger partial charge in [0.25, 0.3) is 15.9 Å². The Hall–Kier alpha value is -3.56. The number of para-hydroxylation sites is 1. The number of hydrogen-bond donors (Lipinski definition) is 2. The van der Waals surface area contributed by atoms with E-state index >= 15 is 0 Å². The lowest BCUT2D eigenvalue weighted by Gasteiger charge is -2.09. The lowest BCUT2D eigenvalue weighted by molar-refractivity contribution is 0.0940. The SMILES string of the molecule is O=C(NNS(=O)(=O)c1ccc(-n2cccn2)cc1)c1ccc2ccccc2n1. The van der Waals surface area contributed by atoms with Gasteiger partial charge in [0, 0.05) is 17.8 Å². The molecule has 2 aromatic heterocycles. The van der Waals surface area contributed by atoms with E-state index in [0.717, 1.165) is 5.39 Å². The number of fused-ring (bicyclic) bond motifs is 1. The maximum Gasteiger partial charge on any atom is 0.284 e. The molecular weight excluding hydrogens is 378 g/mol. The van der Waals surface area contributed by atoms with Crippen LogP contribution in [0, 0.1) is 0 Å². The van der Waals surface area contributed by atoms with Crippen LogP contribution < -0.4 is 10.3 Å². The van der Waals surface area contributed by atoms with E-state index in [2.05, 4.69) is 20.3 Å². The van der Waals surface area contributed by atoms with E-state index in [9.17, 15) is 13.2 Å². The molecule has 2 N–H and O–H groups in total. The number of aromatic nitrogens is 3. The van der Waals surface area contributed by atoms with Gasteiger partial charge in [-0.3, -0.25) is 10.2 Å². The molecule has 1 amide bonds. The third-order valence-electron chi connectivity index (χ3n) is 4.05. The van der Waals surface area contributed by atoms with Crippen LogP contribution in [0.5, 0.6) is 0 Å². The van der Waals surface area contributed by atoms with Crippen LogP contribution in [0.2, 0.25) is 0 Å². The fourth-order valence-corrected chi connectivity index (χ4v) is 3.47. The van der Waals surface area contributed by atoms with Gasteiger partial charge >= 0.3 is 0 Å². The molecule has 0 bridgehead atoms. The van der Waals surface area contributed by atoms with Gasteiger partial charge in [0.15, 0.2) is 0 Å². The van der Waals surface area contributed by atoms with Gasteiger partial charge < -0.3 is 0 Å². The Morgan fingerprint density at radius 2 is 1.71 bits per heavy atom. The lowest BCUT2D eigenvalue weighted by Crippen LogP contribution is -2.41. The first-order valence-corrected chi connectivity index (χ1v) is 9.79. The van der Waals surface area contributed by atoms with Crippen LogP contribution in [0.15, 0.2) is 84.0 Å². The van der Waals surface area contributed by atoms with Gasteiger partial charge in [-0.2, -0.15) is 5.10 Å². The summed E-state index contributed by atoms with van der Waals surface area (Å²) in [6, 6.07) is 18.5. The molecule has 0 atom stereocenters. The molecule has 0 aliphatic heterocycles. The molecule has 28 heavy (non-hydrogen) atoms. The maximum atomic E-state index is 12.4. The number of nitrogens with zero attached hydrogens (tertiary/aromatic N) is 3. The third kappa shape index (κ3) is 3.61. The maximum absolute atomic E-state index is 12.4. The van der Waals surface area contributed by atoms with Crippen molar-refractivity contribution in [1.29, 1.82) is 0 Å². The molecule has 0 saturated heterocycles. The largest absolute Gasteiger partial charge is 0.284 e. The van der Waals surface area contributed by atoms with Crippen molar-refractivity contribution >= 4 is 26.8 Å². The quantitative estimate of drug-likeness (QED) is 0.505. The average molecular weight is 393 g/mol. The van der Waals surface area contributed by atoms with Crippen LogP contribution in [0.25, 0.3) is 16.6 Å². The number of benzene rings is 2. The van der Waals surface area contributed by atoms with Gasteiger partial charge in [0.2, 0.25) is 0 Å². The zero-order valence-electron chi connectivity index (χ0n) is 14.5. The van der Waals surface area contributed by atoms with Gasteiger partial charge in [-0.25, -0.2) is 18.1 Å². The second-order valence-corrected chi connectivity index (χ2v) is 7.58. The summed E-state index contributed by atoms with van der Waals surface area (Å²) in [6.07, 6.45) is 3.38. The molecule has 0 radical (unpaired) electrons. The van der Waals surface area contributed by atoms with E-state index in [4.69, 9.17) is 0 Å². The third-order valence-corrected chi connectivity index (χ3v) is 5.31. The standard InChI is InChI=1S/C19H15N5O3S/c25-19(18-11-6-14-4-1-2-5-17(14)21-18)22-23-28(26,27)16-9-7-15(8-10-16)24-13-3-12-20-24/h1-13,23H,(H,22,25). The van der Waals surface area contributed by atoms with Gasteiger partial charge in [-0.15, -0.1) is 4.83 Å². The number of amides is 1. The van der Waals surface area contributed by atoms with E-state index < -0.39 is 15.9 Å². The minimum atomic E-state index is -3.93. The highest BCUT2D eigenvalue weighted by molar-refractivity contribution is 7.89. The second kappa shape index (κ2) is 7.22. The van der Waals surface area contributed by atoms with Crippen molar-refractivity contribution in [2.24, 2.45) is 0 Å². The van der Waals surface area contributed by atoms with Crippen LogP contribution in [-0.2, 0) is 10.0 Å². The van der Waals surface area contributed by atoms with Crippen LogP contribution >= 0.6 is 0 Å². The summed E-state index contributed by atoms with van der Waals surface area (Å²) in [6.45, 7) is 0. The molecule has 4 aromatic rings. The zero-order valence-corrected chi connectivity index (χ0v) is 15.3. The van der Waals surface area contributed by atoms with Crippen LogP contribution in [-0.4, -0.2) is 29.1 Å². The zero-order chi connectivity index (χ0) is 19.6. The highest BCUT2D eigenvalue weighted by Crippen LogP contribution is 2.13. The van der Waals surface area contributed by atoms with E-state index in [1.54, 1.807) is 47.4 Å². The Kier molecular flexibility index (Phi) is 4.60. The molecule has 0 saturated carbocycles. The van der Waals surface area contributed by atoms with Crippen molar-refractivity contribution in [2.75, 3.05) is 0 Å². The number of rotatable bonds is 5. The summed E-state index contributed by atoms with van der Waals surface area (Å²) in [5.41, 5.74) is 3.66. The van der Waals surface area contributed by atoms with Gasteiger partial charge in [-0.1, -0.05) is 24.3 Å². The number of carbonyl (C=O) groups is 1. The summed E-state index contributed by atoms with van der Waals surface area (Å²) in [7, 11) is -3.93. The smallest absolute Gasteiger partial charge is 0.272 e. The lowest BCUT2D eigenvalue weighted by atomic mass is 10.2. The fraction of sp³-hybridized carbons (Fsp3) is 0. The monoisotopic (exact) mass is 393 g/mol. The predicted octanol–water partition coefficient (Wildman–Crippen LogP) is 2.04. The first-order chi connectivity index (χ1) is 13.5. The van der Waals surface area contributed by atoms with Gasteiger partial charge in [0.1, 0.15) is 5.69 Å². The summed E-state index contributed by atoms with van der Waals surface area (Å²) in [4.78, 5) is 18.6. The number of pyridine rings is 1. The van der Waals surface area contributed by atoms with Crippen LogP contribution in [0.3, 0.4) is 0 Å². The number of carbonyl (C=O) groups excluding carboxylic acids is 1. The minimum Gasteiger partial charge on any atom is -0.272 e. The van der Waals surface area contributed by atoms with Gasteiger partial charge in [-0.05, 0) is 42.5 Å². The molecule has 8 nitrogen and oxygen atoms in total. The van der Waals surface area contributed by atoms with Crippen molar-refractivity contribution < 1.29 is 13.2 Å². The molecule has 140 valence electrons. The van der Waals surface area contributed by atoms with E-state index in [1.165, 1.54) is 18.2 Å². The molecule has 9 heteroatoms. The second-order valence-electron chi connectivity index (χ2n) is 5.89. The number of hydrogen-bond acceptors (Lipinski definition) is 5. The number of hydrazine groups is 1. The van der Waals surface area contributed by atoms with Crippen LogP contribution in [0.4, 0.5) is 0 Å². The van der Waals surface area contributed by atoms with Crippen molar-refractivity contribution in [3.05, 3.63) is 84.8 Å². The summed E-state index contributed by atoms with van der Waals surface area (Å²) in [5, 5.41) is 4.97. The fourth-order valence-electron chi connectivity index (χ4n) is 2.63. The topological polar surface area (TPSA) is 106 Å². The normalized spacial score (nSPS) is 11.4. The molecule has 0 aliphatic carbocycles. The molecular formula is C19H15N5O3S. The molecule has 0 fully saturated rings. The molecule has 2 heterocycles. The molecule has 0 unspecified atom stereocenters. The first kappa shape index (κ1) is 17.8. The molecule has 0 aliphatic rings. The Morgan fingerprint density at radius 1 is 0.929 bits per heavy atom. The van der Waals surface area contributed by atoms with E-state index in [1.807, 2.05) is 18.2 Å². The molecule has 4 rings (SSSR count). The Balaban J connectivity index is 1.47. The first-order valence-electron chi connectivity index (χ1n) is 8.31. The van der Waals surface area contributed by atoms with E-state index in [0.29, 0.717) is 11.2 Å². The number of nitrogens with one attached hydrogen (secondary N) is 2. The van der Waals surface area contributed by atoms with Crippen LogP contribution in [0.1, 0.15) is 10.5 Å². The minimum absolute atomic E-state index is 0.00942.